The Morgan fingerprint density at radius 2 is 2.04 bits per heavy atom. The fourth-order valence-corrected chi connectivity index (χ4v) is 3.11. The molecule has 2 rings (SSSR count). The Balaban J connectivity index is 0.00000134. The number of hydrogen-bond acceptors (Lipinski definition) is 5. The van der Waals surface area contributed by atoms with Gasteiger partial charge in [-0.2, -0.15) is 0 Å². The van der Waals surface area contributed by atoms with E-state index in [2.05, 4.69) is 46.0 Å². The van der Waals surface area contributed by atoms with Crippen molar-refractivity contribution in [3.63, 3.8) is 0 Å². The number of hydrogen-bond donors (Lipinski definition) is 3. The molecule has 1 heterocycles. The van der Waals surface area contributed by atoms with Crippen molar-refractivity contribution in [1.82, 2.24) is 10.0 Å². The summed E-state index contributed by atoms with van der Waals surface area (Å²) in [5, 5.41) is 4.95. The zero-order valence-corrected chi connectivity index (χ0v) is 16.5. The van der Waals surface area contributed by atoms with Crippen molar-refractivity contribution < 1.29 is 9.13 Å². The molecule has 6 heteroatoms. The van der Waals surface area contributed by atoms with Crippen LogP contribution in [0.1, 0.15) is 43.5 Å². The smallest absolute Gasteiger partial charge is 0.112 e. The van der Waals surface area contributed by atoms with E-state index in [1.54, 1.807) is 19.1 Å². The third-order valence-corrected chi connectivity index (χ3v) is 4.28. The molecule has 0 aromatic heterocycles. The number of ether oxygens (including phenoxy) is 1. The van der Waals surface area contributed by atoms with Crippen molar-refractivity contribution in [2.24, 2.45) is 5.73 Å². The van der Waals surface area contributed by atoms with Gasteiger partial charge in [-0.05, 0) is 36.2 Å². The third kappa shape index (κ3) is 7.61. The number of alkyl halides is 1. The third-order valence-electron chi connectivity index (χ3n) is 3.53. The number of methoxy groups -OCH3 is 1. The Morgan fingerprint density at radius 1 is 1.40 bits per heavy atom. The van der Waals surface area contributed by atoms with Crippen LogP contribution in [-0.4, -0.2) is 26.9 Å². The molecule has 0 bridgehead atoms. The van der Waals surface area contributed by atoms with Crippen LogP contribution in [0.15, 0.2) is 48.5 Å². The van der Waals surface area contributed by atoms with E-state index in [9.17, 15) is 4.39 Å². The topological polar surface area (TPSA) is 59.3 Å². The van der Waals surface area contributed by atoms with Crippen LogP contribution in [0, 0.1) is 0 Å². The number of halogens is 1. The van der Waals surface area contributed by atoms with E-state index in [-0.39, 0.29) is 6.10 Å². The van der Waals surface area contributed by atoms with Gasteiger partial charge in [0.1, 0.15) is 12.8 Å². The zero-order chi connectivity index (χ0) is 19.1. The summed E-state index contributed by atoms with van der Waals surface area (Å²) < 4.78 is 21.9. The molecule has 1 aliphatic heterocycles. The molecule has 3 unspecified atom stereocenters. The number of benzene rings is 1. The molecule has 142 valence electrons. The summed E-state index contributed by atoms with van der Waals surface area (Å²) in [5.41, 5.74) is 6.68. The molecule has 0 saturated heterocycles. The van der Waals surface area contributed by atoms with Crippen LogP contribution < -0.4 is 15.8 Å². The second-order valence-corrected chi connectivity index (χ2v) is 5.59. The summed E-state index contributed by atoms with van der Waals surface area (Å²) in [7, 11) is 3.09. The molecule has 0 spiro atoms. The summed E-state index contributed by atoms with van der Waals surface area (Å²) in [6, 6.07) is 8.04. The lowest BCUT2D eigenvalue weighted by Gasteiger charge is -2.25. The SMILES string of the molecule is C=CNC(CF)C(OC)c1ccc(C2CC=CSN2)cc1.CC.CN. The molecule has 0 aliphatic carbocycles. The van der Waals surface area contributed by atoms with E-state index in [4.69, 9.17) is 4.74 Å². The first-order valence-corrected chi connectivity index (χ1v) is 9.37. The fraction of sp³-hybridized carbons (Fsp3) is 0.474. The lowest BCUT2D eigenvalue weighted by molar-refractivity contribution is 0.0635. The highest BCUT2D eigenvalue weighted by atomic mass is 32.2. The fourth-order valence-electron chi connectivity index (χ4n) is 2.43. The van der Waals surface area contributed by atoms with Crippen LogP contribution in [0.25, 0.3) is 0 Å². The summed E-state index contributed by atoms with van der Waals surface area (Å²) >= 11 is 1.60. The maximum Gasteiger partial charge on any atom is 0.112 e. The molecule has 0 fully saturated rings. The highest BCUT2D eigenvalue weighted by molar-refractivity contribution is 8.00. The first kappa shape index (κ1) is 23.7. The van der Waals surface area contributed by atoms with Crippen molar-refractivity contribution in [1.29, 1.82) is 0 Å². The van der Waals surface area contributed by atoms with Crippen LogP contribution in [-0.2, 0) is 4.74 Å². The molecular formula is C19H32FN3OS. The largest absolute Gasteiger partial charge is 0.383 e. The van der Waals surface area contributed by atoms with Crippen molar-refractivity contribution in [2.45, 2.75) is 38.5 Å². The van der Waals surface area contributed by atoms with Gasteiger partial charge in [0.15, 0.2) is 0 Å². The maximum atomic E-state index is 13.1. The summed E-state index contributed by atoms with van der Waals surface area (Å²) in [6.07, 6.45) is 4.30. The van der Waals surface area contributed by atoms with Crippen LogP contribution in [0.4, 0.5) is 4.39 Å². The summed E-state index contributed by atoms with van der Waals surface area (Å²) in [4.78, 5) is 0. The first-order valence-electron chi connectivity index (χ1n) is 8.49. The molecular weight excluding hydrogens is 337 g/mol. The average molecular weight is 370 g/mol. The van der Waals surface area contributed by atoms with Crippen molar-refractivity contribution >= 4 is 11.9 Å². The Hall–Kier alpha value is -1.34. The van der Waals surface area contributed by atoms with Crippen molar-refractivity contribution in [3.8, 4) is 0 Å². The molecule has 1 aromatic rings. The minimum atomic E-state index is -0.516. The second-order valence-electron chi connectivity index (χ2n) is 4.85. The van der Waals surface area contributed by atoms with Gasteiger partial charge >= 0.3 is 0 Å². The molecule has 4 N–H and O–H groups in total. The second kappa shape index (κ2) is 15.0. The number of rotatable bonds is 7. The number of nitrogens with one attached hydrogen (secondary N) is 2. The lowest BCUT2D eigenvalue weighted by Crippen LogP contribution is -2.34. The van der Waals surface area contributed by atoms with Gasteiger partial charge in [-0.1, -0.05) is 62.7 Å². The normalized spacial score (nSPS) is 17.9. The molecule has 1 aliphatic rings. The molecule has 0 amide bonds. The Labute approximate surface area is 156 Å². The Morgan fingerprint density at radius 3 is 2.48 bits per heavy atom. The average Bonchev–Trinajstić information content (AvgIpc) is 2.72. The summed E-state index contributed by atoms with van der Waals surface area (Å²) in [5.74, 6) is 0. The van der Waals surface area contributed by atoms with E-state index >= 15 is 0 Å². The van der Waals surface area contributed by atoms with E-state index in [0.29, 0.717) is 6.04 Å². The van der Waals surface area contributed by atoms with Gasteiger partial charge in [-0.25, -0.2) is 4.39 Å². The molecule has 25 heavy (non-hydrogen) atoms. The van der Waals surface area contributed by atoms with Gasteiger partial charge in [0, 0.05) is 13.2 Å². The van der Waals surface area contributed by atoms with Crippen molar-refractivity contribution in [2.75, 3.05) is 20.8 Å². The minimum absolute atomic E-state index is 0.318. The van der Waals surface area contributed by atoms with Crippen LogP contribution in [0.5, 0.6) is 0 Å². The Bertz CT molecular complexity index is 482. The lowest BCUT2D eigenvalue weighted by atomic mass is 9.98. The predicted octanol–water partition coefficient (Wildman–Crippen LogP) is 4.24. The van der Waals surface area contributed by atoms with E-state index in [1.807, 2.05) is 26.0 Å². The Kier molecular flexibility index (Phi) is 14.2. The van der Waals surface area contributed by atoms with Crippen LogP contribution in [0.3, 0.4) is 0 Å². The van der Waals surface area contributed by atoms with Crippen LogP contribution in [0.2, 0.25) is 0 Å². The highest BCUT2D eigenvalue weighted by Gasteiger charge is 2.22. The van der Waals surface area contributed by atoms with Crippen molar-refractivity contribution in [3.05, 3.63) is 59.7 Å². The number of nitrogens with two attached hydrogens (primary N) is 1. The first-order chi connectivity index (χ1) is 12.3. The standard InChI is InChI=1S/C16H21FN2OS.C2H6.CH5N/c1-3-18-15(11-17)16(20-2)13-8-6-12(7-9-13)14-5-4-10-21-19-14;2*1-2/h3-4,6-10,14-16,18-19H,1,5,11H2,2H3;1-2H3;2H2,1H3. The zero-order valence-electron chi connectivity index (χ0n) is 15.7. The van der Waals surface area contributed by atoms with E-state index in [0.717, 1.165) is 12.0 Å². The summed E-state index contributed by atoms with van der Waals surface area (Å²) in [6.45, 7) is 7.07. The van der Waals surface area contributed by atoms with Gasteiger partial charge in [-0.3, -0.25) is 4.72 Å². The van der Waals surface area contributed by atoms with Gasteiger partial charge in [0.05, 0.1) is 6.04 Å². The predicted molar refractivity (Wildman–Crippen MR) is 108 cm³/mol. The molecule has 3 atom stereocenters. The molecule has 0 radical (unpaired) electrons. The van der Waals surface area contributed by atoms with Gasteiger partial charge in [0.25, 0.3) is 0 Å². The molecule has 0 saturated carbocycles. The quantitative estimate of drug-likeness (QED) is 0.628. The van der Waals surface area contributed by atoms with E-state index < -0.39 is 12.7 Å². The molecule has 1 aromatic carbocycles. The van der Waals surface area contributed by atoms with E-state index in [1.165, 1.54) is 18.8 Å². The molecule has 4 nitrogen and oxygen atoms in total. The van der Waals surface area contributed by atoms with Gasteiger partial charge in [-0.15, -0.1) is 0 Å². The maximum absolute atomic E-state index is 13.1. The van der Waals surface area contributed by atoms with Gasteiger partial charge < -0.3 is 15.8 Å². The monoisotopic (exact) mass is 369 g/mol. The minimum Gasteiger partial charge on any atom is -0.383 e. The highest BCUT2D eigenvalue weighted by Crippen LogP contribution is 2.27. The van der Waals surface area contributed by atoms with Gasteiger partial charge in [0.2, 0.25) is 0 Å². The van der Waals surface area contributed by atoms with Crippen LogP contribution >= 0.6 is 11.9 Å².